The van der Waals surface area contributed by atoms with E-state index < -0.39 is 0 Å². The quantitative estimate of drug-likeness (QED) is 0.856. The van der Waals surface area contributed by atoms with Crippen LogP contribution in [0.25, 0.3) is 0 Å². The summed E-state index contributed by atoms with van der Waals surface area (Å²) in [6, 6.07) is 8.88. The fraction of sp³-hybridized carbons (Fsp3) is 0.667. The Labute approximate surface area is 124 Å². The summed E-state index contributed by atoms with van der Waals surface area (Å²) in [5.41, 5.74) is 9.25. The van der Waals surface area contributed by atoms with Crippen molar-refractivity contribution in [2.24, 2.45) is 11.1 Å². The first-order valence-electron chi connectivity index (χ1n) is 8.08. The zero-order valence-corrected chi connectivity index (χ0v) is 13.2. The van der Waals surface area contributed by atoms with Gasteiger partial charge in [-0.15, -0.1) is 0 Å². The molecule has 1 saturated carbocycles. The molecule has 1 aromatic carbocycles. The van der Waals surface area contributed by atoms with Crippen LogP contribution in [-0.2, 0) is 6.54 Å². The standard InChI is InChI=1S/C18H30N2/c1-16-6-8-17(9-7-16)14-20(2)13-12-18(15-19)10-4-3-5-11-18/h6-9H,3-5,10-15,19H2,1-2H3. The summed E-state index contributed by atoms with van der Waals surface area (Å²) in [4.78, 5) is 2.44. The molecule has 1 fully saturated rings. The number of rotatable bonds is 6. The van der Waals surface area contributed by atoms with Gasteiger partial charge in [0, 0.05) is 6.54 Å². The van der Waals surface area contributed by atoms with Crippen LogP contribution in [0, 0.1) is 12.3 Å². The third kappa shape index (κ3) is 4.32. The van der Waals surface area contributed by atoms with Crippen molar-refractivity contribution in [3.63, 3.8) is 0 Å². The minimum absolute atomic E-state index is 0.430. The van der Waals surface area contributed by atoms with E-state index in [0.717, 1.165) is 19.6 Å². The van der Waals surface area contributed by atoms with Crippen LogP contribution in [0.15, 0.2) is 24.3 Å². The van der Waals surface area contributed by atoms with Crippen molar-refractivity contribution < 1.29 is 0 Å². The van der Waals surface area contributed by atoms with E-state index >= 15 is 0 Å². The van der Waals surface area contributed by atoms with Gasteiger partial charge in [-0.2, -0.15) is 0 Å². The highest BCUT2D eigenvalue weighted by molar-refractivity contribution is 5.21. The number of nitrogens with zero attached hydrogens (tertiary/aromatic N) is 1. The van der Waals surface area contributed by atoms with Crippen LogP contribution in [0.1, 0.15) is 49.7 Å². The third-order valence-corrected chi connectivity index (χ3v) is 4.94. The highest BCUT2D eigenvalue weighted by Gasteiger charge is 2.30. The average molecular weight is 274 g/mol. The second kappa shape index (κ2) is 7.24. The predicted molar refractivity (Wildman–Crippen MR) is 86.7 cm³/mol. The SMILES string of the molecule is Cc1ccc(CN(C)CCC2(CN)CCCCC2)cc1. The largest absolute Gasteiger partial charge is 0.330 e. The number of hydrogen-bond donors (Lipinski definition) is 1. The zero-order valence-electron chi connectivity index (χ0n) is 13.2. The first kappa shape index (κ1) is 15.5. The van der Waals surface area contributed by atoms with Crippen LogP contribution >= 0.6 is 0 Å². The topological polar surface area (TPSA) is 29.3 Å². The maximum Gasteiger partial charge on any atom is 0.0230 e. The fourth-order valence-corrected chi connectivity index (χ4v) is 3.37. The van der Waals surface area contributed by atoms with E-state index in [4.69, 9.17) is 5.73 Å². The summed E-state index contributed by atoms with van der Waals surface area (Å²) in [7, 11) is 2.23. The summed E-state index contributed by atoms with van der Waals surface area (Å²) in [5, 5.41) is 0. The lowest BCUT2D eigenvalue weighted by Gasteiger charge is -2.37. The van der Waals surface area contributed by atoms with E-state index in [0.29, 0.717) is 5.41 Å². The number of aryl methyl sites for hydroxylation is 1. The Balaban J connectivity index is 1.81. The molecule has 0 atom stereocenters. The van der Waals surface area contributed by atoms with Crippen LogP contribution in [0.4, 0.5) is 0 Å². The first-order valence-corrected chi connectivity index (χ1v) is 8.08. The summed E-state index contributed by atoms with van der Waals surface area (Å²) < 4.78 is 0. The van der Waals surface area contributed by atoms with E-state index in [1.54, 1.807) is 0 Å². The van der Waals surface area contributed by atoms with Crippen molar-refractivity contribution in [1.29, 1.82) is 0 Å². The zero-order chi connectivity index (χ0) is 14.4. The molecule has 0 bridgehead atoms. The lowest BCUT2D eigenvalue weighted by atomic mass is 9.72. The summed E-state index contributed by atoms with van der Waals surface area (Å²) >= 11 is 0. The molecule has 2 N–H and O–H groups in total. The van der Waals surface area contributed by atoms with Crippen LogP contribution in [-0.4, -0.2) is 25.0 Å². The monoisotopic (exact) mass is 274 g/mol. The Morgan fingerprint density at radius 3 is 2.35 bits per heavy atom. The highest BCUT2D eigenvalue weighted by atomic mass is 15.1. The molecule has 0 aliphatic heterocycles. The molecule has 2 heteroatoms. The van der Waals surface area contributed by atoms with Crippen LogP contribution in [0.5, 0.6) is 0 Å². The van der Waals surface area contributed by atoms with Gasteiger partial charge < -0.3 is 10.6 Å². The predicted octanol–water partition coefficient (Wildman–Crippen LogP) is 3.73. The van der Waals surface area contributed by atoms with Gasteiger partial charge in [-0.05, 0) is 57.3 Å². The second-order valence-corrected chi connectivity index (χ2v) is 6.74. The van der Waals surface area contributed by atoms with Gasteiger partial charge in [0.15, 0.2) is 0 Å². The Kier molecular flexibility index (Phi) is 5.62. The van der Waals surface area contributed by atoms with E-state index in [1.165, 1.54) is 49.7 Å². The molecule has 2 nitrogen and oxygen atoms in total. The van der Waals surface area contributed by atoms with E-state index in [-0.39, 0.29) is 0 Å². The normalized spacial score (nSPS) is 18.4. The van der Waals surface area contributed by atoms with E-state index in [1.807, 2.05) is 0 Å². The summed E-state index contributed by atoms with van der Waals surface area (Å²) in [6.07, 6.45) is 8.08. The minimum Gasteiger partial charge on any atom is -0.330 e. The third-order valence-electron chi connectivity index (χ3n) is 4.94. The molecule has 1 aromatic rings. The highest BCUT2D eigenvalue weighted by Crippen LogP contribution is 2.38. The van der Waals surface area contributed by atoms with Gasteiger partial charge >= 0.3 is 0 Å². The lowest BCUT2D eigenvalue weighted by molar-refractivity contribution is 0.154. The van der Waals surface area contributed by atoms with Gasteiger partial charge in [-0.25, -0.2) is 0 Å². The van der Waals surface area contributed by atoms with Crippen LogP contribution in [0.2, 0.25) is 0 Å². The molecule has 1 aliphatic rings. The fourth-order valence-electron chi connectivity index (χ4n) is 3.37. The molecule has 2 rings (SSSR count). The first-order chi connectivity index (χ1) is 9.63. The van der Waals surface area contributed by atoms with Crippen molar-refractivity contribution in [2.75, 3.05) is 20.1 Å². The van der Waals surface area contributed by atoms with Gasteiger partial charge in [0.1, 0.15) is 0 Å². The maximum absolute atomic E-state index is 6.08. The van der Waals surface area contributed by atoms with Gasteiger partial charge in [0.05, 0.1) is 0 Å². The Bertz CT molecular complexity index is 390. The van der Waals surface area contributed by atoms with Gasteiger partial charge in [0.2, 0.25) is 0 Å². The molecule has 1 aliphatic carbocycles. The minimum atomic E-state index is 0.430. The molecule has 0 amide bonds. The smallest absolute Gasteiger partial charge is 0.0230 e. The van der Waals surface area contributed by atoms with E-state index in [9.17, 15) is 0 Å². The number of nitrogens with two attached hydrogens (primary N) is 1. The summed E-state index contributed by atoms with van der Waals surface area (Å²) in [6.45, 7) is 5.21. The molecular weight excluding hydrogens is 244 g/mol. The second-order valence-electron chi connectivity index (χ2n) is 6.74. The van der Waals surface area contributed by atoms with Gasteiger partial charge in [-0.1, -0.05) is 49.1 Å². The molecule has 20 heavy (non-hydrogen) atoms. The molecule has 112 valence electrons. The van der Waals surface area contributed by atoms with Gasteiger partial charge in [0.25, 0.3) is 0 Å². The molecule has 0 radical (unpaired) electrons. The average Bonchev–Trinajstić information content (AvgIpc) is 2.49. The van der Waals surface area contributed by atoms with Crippen LogP contribution < -0.4 is 5.73 Å². The molecular formula is C18H30N2. The van der Waals surface area contributed by atoms with Crippen molar-refractivity contribution in [3.05, 3.63) is 35.4 Å². The van der Waals surface area contributed by atoms with Crippen LogP contribution in [0.3, 0.4) is 0 Å². The summed E-state index contributed by atoms with van der Waals surface area (Å²) in [5.74, 6) is 0. The number of benzene rings is 1. The van der Waals surface area contributed by atoms with Crippen molar-refractivity contribution >= 4 is 0 Å². The molecule has 0 unspecified atom stereocenters. The van der Waals surface area contributed by atoms with Crippen molar-refractivity contribution in [3.8, 4) is 0 Å². The van der Waals surface area contributed by atoms with E-state index in [2.05, 4.69) is 43.1 Å². The van der Waals surface area contributed by atoms with Crippen molar-refractivity contribution in [1.82, 2.24) is 4.90 Å². The Morgan fingerprint density at radius 2 is 1.75 bits per heavy atom. The maximum atomic E-state index is 6.08. The molecule has 0 saturated heterocycles. The lowest BCUT2D eigenvalue weighted by Crippen LogP contribution is -2.36. The molecule has 0 spiro atoms. The molecule has 0 heterocycles. The van der Waals surface area contributed by atoms with Gasteiger partial charge in [-0.3, -0.25) is 0 Å². The number of hydrogen-bond acceptors (Lipinski definition) is 2. The van der Waals surface area contributed by atoms with Crippen molar-refractivity contribution in [2.45, 2.75) is 52.0 Å². The molecule has 0 aromatic heterocycles. The Hall–Kier alpha value is -0.860. The Morgan fingerprint density at radius 1 is 1.10 bits per heavy atom.